The van der Waals surface area contributed by atoms with Crippen LogP contribution < -0.4 is 4.74 Å². The van der Waals surface area contributed by atoms with Gasteiger partial charge in [0.05, 0.1) is 24.1 Å². The highest BCUT2D eigenvalue weighted by Crippen LogP contribution is 2.37. The van der Waals surface area contributed by atoms with Crippen molar-refractivity contribution >= 4 is 23.2 Å². The van der Waals surface area contributed by atoms with Gasteiger partial charge in [0, 0.05) is 23.1 Å². The number of para-hydroxylation sites is 1. The predicted octanol–water partition coefficient (Wildman–Crippen LogP) is 5.90. The molecule has 166 valence electrons. The van der Waals surface area contributed by atoms with Gasteiger partial charge in [0.15, 0.2) is 0 Å². The molecule has 0 saturated heterocycles. The number of rotatable bonds is 5. The maximum atomic E-state index is 13.6. The number of furan rings is 1. The van der Waals surface area contributed by atoms with Crippen molar-refractivity contribution in [3.63, 3.8) is 0 Å². The number of hydrazone groups is 1. The molecule has 1 aliphatic heterocycles. The SMILES string of the molecule is COc1ccccc1C1=NN(C(=O)c2onc(-c3ccccc3Cl)c2C)C(c2ccco2)C1. The molecule has 1 atom stereocenters. The molecule has 7 nitrogen and oxygen atoms in total. The van der Waals surface area contributed by atoms with E-state index in [1.165, 1.54) is 5.01 Å². The fourth-order valence-electron chi connectivity index (χ4n) is 3.99. The van der Waals surface area contributed by atoms with Crippen LogP contribution in [0, 0.1) is 6.92 Å². The van der Waals surface area contributed by atoms with Crippen molar-refractivity contribution in [1.82, 2.24) is 10.2 Å². The van der Waals surface area contributed by atoms with Gasteiger partial charge in [-0.3, -0.25) is 4.79 Å². The molecule has 0 fully saturated rings. The molecule has 0 bridgehead atoms. The van der Waals surface area contributed by atoms with E-state index in [4.69, 9.17) is 25.3 Å². The van der Waals surface area contributed by atoms with Crippen LogP contribution in [0.15, 0.2) is 81.0 Å². The molecule has 0 radical (unpaired) electrons. The van der Waals surface area contributed by atoms with Crippen LogP contribution in [0.3, 0.4) is 0 Å². The number of amides is 1. The minimum atomic E-state index is -0.430. The van der Waals surface area contributed by atoms with Gasteiger partial charge in [0.1, 0.15) is 23.2 Å². The molecule has 3 heterocycles. The van der Waals surface area contributed by atoms with Crippen LogP contribution in [-0.4, -0.2) is 28.9 Å². The second-order valence-corrected chi connectivity index (χ2v) is 8.00. The molecule has 0 aliphatic carbocycles. The van der Waals surface area contributed by atoms with Crippen LogP contribution in [0.1, 0.15) is 39.9 Å². The first-order chi connectivity index (χ1) is 16.1. The van der Waals surface area contributed by atoms with Crippen LogP contribution in [0.5, 0.6) is 5.75 Å². The van der Waals surface area contributed by atoms with Gasteiger partial charge in [-0.05, 0) is 37.3 Å². The Labute approximate surface area is 195 Å². The topological polar surface area (TPSA) is 81.1 Å². The molecule has 2 aromatic carbocycles. The second kappa shape index (κ2) is 8.60. The number of carbonyl (C=O) groups excluding carboxylic acids is 1. The third kappa shape index (κ3) is 3.70. The van der Waals surface area contributed by atoms with E-state index in [2.05, 4.69) is 10.3 Å². The molecular weight excluding hydrogens is 442 g/mol. The quantitative estimate of drug-likeness (QED) is 0.369. The maximum Gasteiger partial charge on any atom is 0.313 e. The number of methoxy groups -OCH3 is 1. The van der Waals surface area contributed by atoms with E-state index < -0.39 is 11.9 Å². The van der Waals surface area contributed by atoms with Crippen LogP contribution in [0.2, 0.25) is 5.02 Å². The summed E-state index contributed by atoms with van der Waals surface area (Å²) in [5, 5.41) is 10.7. The van der Waals surface area contributed by atoms with Crippen molar-refractivity contribution in [2.24, 2.45) is 5.10 Å². The van der Waals surface area contributed by atoms with Crippen LogP contribution >= 0.6 is 11.6 Å². The molecule has 4 aromatic rings. The molecule has 0 saturated carbocycles. The summed E-state index contributed by atoms with van der Waals surface area (Å²) in [6.07, 6.45) is 2.04. The number of aromatic nitrogens is 1. The molecule has 1 aliphatic rings. The fraction of sp³-hybridized carbons (Fsp3) is 0.160. The Hall–Kier alpha value is -3.84. The zero-order valence-corrected chi connectivity index (χ0v) is 18.7. The molecule has 1 unspecified atom stereocenters. The second-order valence-electron chi connectivity index (χ2n) is 7.60. The van der Waals surface area contributed by atoms with E-state index in [1.54, 1.807) is 32.4 Å². The van der Waals surface area contributed by atoms with Gasteiger partial charge in [-0.25, -0.2) is 5.01 Å². The van der Waals surface area contributed by atoms with Crippen LogP contribution in [-0.2, 0) is 0 Å². The zero-order valence-electron chi connectivity index (χ0n) is 18.0. The maximum absolute atomic E-state index is 13.6. The fourth-order valence-corrected chi connectivity index (χ4v) is 4.21. The van der Waals surface area contributed by atoms with Crippen LogP contribution in [0.25, 0.3) is 11.3 Å². The number of halogens is 1. The van der Waals surface area contributed by atoms with Crippen molar-refractivity contribution < 1.29 is 18.5 Å². The average molecular weight is 462 g/mol. The number of benzene rings is 2. The smallest absolute Gasteiger partial charge is 0.313 e. The Morgan fingerprint density at radius 3 is 2.58 bits per heavy atom. The lowest BCUT2D eigenvalue weighted by atomic mass is 10.0. The number of hydrogen-bond donors (Lipinski definition) is 0. The third-order valence-electron chi connectivity index (χ3n) is 5.66. The van der Waals surface area contributed by atoms with E-state index >= 15 is 0 Å². The van der Waals surface area contributed by atoms with Gasteiger partial charge in [0.2, 0.25) is 5.76 Å². The van der Waals surface area contributed by atoms with Gasteiger partial charge in [-0.15, -0.1) is 0 Å². The highest BCUT2D eigenvalue weighted by molar-refractivity contribution is 6.33. The zero-order chi connectivity index (χ0) is 22.9. The molecule has 0 N–H and O–H groups in total. The van der Waals surface area contributed by atoms with E-state index in [1.807, 2.05) is 48.5 Å². The van der Waals surface area contributed by atoms with Crippen molar-refractivity contribution in [3.8, 4) is 17.0 Å². The van der Waals surface area contributed by atoms with Gasteiger partial charge in [-0.1, -0.05) is 47.1 Å². The molecule has 33 heavy (non-hydrogen) atoms. The lowest BCUT2D eigenvalue weighted by Crippen LogP contribution is -2.27. The lowest BCUT2D eigenvalue weighted by molar-refractivity contribution is 0.0649. The summed E-state index contributed by atoms with van der Waals surface area (Å²) < 4.78 is 16.6. The number of nitrogens with zero attached hydrogens (tertiary/aromatic N) is 3. The molecule has 1 amide bonds. The highest BCUT2D eigenvalue weighted by Gasteiger charge is 2.38. The van der Waals surface area contributed by atoms with Gasteiger partial charge in [0.25, 0.3) is 0 Å². The minimum Gasteiger partial charge on any atom is -0.496 e. The summed E-state index contributed by atoms with van der Waals surface area (Å²) in [6, 6.07) is 18.0. The summed E-state index contributed by atoms with van der Waals surface area (Å²) in [5.74, 6) is 0.997. The molecule has 0 spiro atoms. The standard InChI is InChI=1S/C25H20ClN3O4/c1-15-23(16-8-3-5-10-18(16)26)28-33-24(15)25(30)29-20(22-12-7-13-32-22)14-19(27-29)17-9-4-6-11-21(17)31-2/h3-13,20H,14H2,1-2H3. The Kier molecular flexibility index (Phi) is 5.48. The summed E-state index contributed by atoms with van der Waals surface area (Å²) in [6.45, 7) is 1.78. The van der Waals surface area contributed by atoms with E-state index in [0.717, 1.165) is 5.56 Å². The number of hydrogen-bond acceptors (Lipinski definition) is 6. The minimum absolute atomic E-state index is 0.103. The van der Waals surface area contributed by atoms with Crippen molar-refractivity contribution in [3.05, 3.63) is 94.6 Å². The first-order valence-corrected chi connectivity index (χ1v) is 10.7. The van der Waals surface area contributed by atoms with E-state index in [0.29, 0.717) is 45.5 Å². The Morgan fingerprint density at radius 2 is 1.85 bits per heavy atom. The Balaban J connectivity index is 1.55. The van der Waals surface area contributed by atoms with Crippen molar-refractivity contribution in [2.45, 2.75) is 19.4 Å². The third-order valence-corrected chi connectivity index (χ3v) is 5.98. The predicted molar refractivity (Wildman–Crippen MR) is 123 cm³/mol. The van der Waals surface area contributed by atoms with E-state index in [-0.39, 0.29) is 5.76 Å². The number of carbonyl (C=O) groups is 1. The lowest BCUT2D eigenvalue weighted by Gasteiger charge is -2.18. The average Bonchev–Trinajstić information content (AvgIpc) is 3.59. The summed E-state index contributed by atoms with van der Waals surface area (Å²) in [4.78, 5) is 13.6. The summed E-state index contributed by atoms with van der Waals surface area (Å²) in [5.41, 5.74) is 3.34. The summed E-state index contributed by atoms with van der Waals surface area (Å²) in [7, 11) is 1.61. The van der Waals surface area contributed by atoms with Gasteiger partial charge < -0.3 is 13.7 Å². The van der Waals surface area contributed by atoms with Gasteiger partial charge >= 0.3 is 5.91 Å². The van der Waals surface area contributed by atoms with E-state index in [9.17, 15) is 4.79 Å². The normalized spacial score (nSPS) is 15.5. The van der Waals surface area contributed by atoms with Gasteiger partial charge in [-0.2, -0.15) is 5.10 Å². The largest absolute Gasteiger partial charge is 0.496 e. The highest BCUT2D eigenvalue weighted by atomic mass is 35.5. The summed E-state index contributed by atoms with van der Waals surface area (Å²) >= 11 is 6.33. The van der Waals surface area contributed by atoms with Crippen molar-refractivity contribution in [1.29, 1.82) is 0 Å². The Bertz CT molecular complexity index is 1340. The Morgan fingerprint density at radius 1 is 1.09 bits per heavy atom. The first-order valence-electron chi connectivity index (χ1n) is 10.4. The van der Waals surface area contributed by atoms with Crippen LogP contribution in [0.4, 0.5) is 0 Å². The number of ether oxygens (including phenoxy) is 1. The monoisotopic (exact) mass is 461 g/mol. The van der Waals surface area contributed by atoms with Crippen molar-refractivity contribution in [2.75, 3.05) is 7.11 Å². The molecular formula is C25H20ClN3O4. The molecule has 2 aromatic heterocycles. The first kappa shape index (κ1) is 21.0. The molecule has 5 rings (SSSR count). The molecule has 8 heteroatoms.